The summed E-state index contributed by atoms with van der Waals surface area (Å²) in [5.41, 5.74) is 3.72. The fraction of sp³-hybridized carbons (Fsp3) is 0.647. The molecule has 202 valence electrons. The zero-order chi connectivity index (χ0) is 25.7. The van der Waals surface area contributed by atoms with Gasteiger partial charge in [0.05, 0.1) is 12.7 Å². The molecule has 0 saturated heterocycles. The van der Waals surface area contributed by atoms with E-state index in [1.807, 2.05) is 0 Å². The van der Waals surface area contributed by atoms with Crippen molar-refractivity contribution in [3.63, 3.8) is 0 Å². The molecular formula is C34H54O2. The van der Waals surface area contributed by atoms with Crippen LogP contribution >= 0.6 is 0 Å². The van der Waals surface area contributed by atoms with Crippen molar-refractivity contribution < 1.29 is 9.47 Å². The number of hydrogen-bond donors (Lipinski definition) is 0. The molecule has 0 aromatic heterocycles. The van der Waals surface area contributed by atoms with Crippen LogP contribution in [0, 0.1) is 0 Å². The molecule has 0 N–H and O–H groups in total. The monoisotopic (exact) mass is 494 g/mol. The van der Waals surface area contributed by atoms with Gasteiger partial charge in [0.15, 0.2) is 0 Å². The number of benzene rings is 2. The third-order valence-corrected chi connectivity index (χ3v) is 7.20. The van der Waals surface area contributed by atoms with Crippen LogP contribution in [0.2, 0.25) is 0 Å². The van der Waals surface area contributed by atoms with E-state index in [-0.39, 0.29) is 6.10 Å². The molecule has 0 aliphatic heterocycles. The summed E-state index contributed by atoms with van der Waals surface area (Å²) in [6.45, 7) is 8.39. The predicted octanol–water partition coefficient (Wildman–Crippen LogP) is 11.1. The lowest BCUT2D eigenvalue weighted by Crippen LogP contribution is -2.01. The van der Waals surface area contributed by atoms with E-state index in [9.17, 15) is 0 Å². The summed E-state index contributed by atoms with van der Waals surface area (Å²) >= 11 is 0. The highest BCUT2D eigenvalue weighted by atomic mass is 16.5. The van der Waals surface area contributed by atoms with E-state index in [2.05, 4.69) is 69.3 Å². The zero-order valence-electron chi connectivity index (χ0n) is 23.7. The van der Waals surface area contributed by atoms with Crippen LogP contribution in [0.5, 0.6) is 5.75 Å². The van der Waals surface area contributed by atoms with Gasteiger partial charge in [0.1, 0.15) is 5.75 Å². The first-order valence-electron chi connectivity index (χ1n) is 15.2. The van der Waals surface area contributed by atoms with Crippen LogP contribution in [0.4, 0.5) is 0 Å². The Hall–Kier alpha value is -1.80. The molecule has 0 bridgehead atoms. The molecule has 1 atom stereocenters. The van der Waals surface area contributed by atoms with Crippen LogP contribution < -0.4 is 4.74 Å². The predicted molar refractivity (Wildman–Crippen MR) is 157 cm³/mol. The second-order valence-corrected chi connectivity index (χ2v) is 10.5. The van der Waals surface area contributed by atoms with Crippen LogP contribution in [0.15, 0.2) is 48.5 Å². The third kappa shape index (κ3) is 13.5. The van der Waals surface area contributed by atoms with Crippen molar-refractivity contribution in [2.45, 2.75) is 130 Å². The lowest BCUT2D eigenvalue weighted by molar-refractivity contribution is 0.0627. The standard InChI is InChI=1S/C34H54O2/c1-4-6-8-10-12-13-15-16-18-28-35-30(3)31-20-22-32(23-21-31)33-24-26-34(27-25-33)36-29-19-17-14-11-9-7-5-2/h20-27,30H,4-19,28-29H2,1-3H3. The van der Waals surface area contributed by atoms with E-state index >= 15 is 0 Å². The zero-order valence-corrected chi connectivity index (χ0v) is 23.7. The molecule has 2 nitrogen and oxygen atoms in total. The third-order valence-electron chi connectivity index (χ3n) is 7.20. The van der Waals surface area contributed by atoms with Crippen molar-refractivity contribution in [1.82, 2.24) is 0 Å². The summed E-state index contributed by atoms with van der Waals surface area (Å²) in [6.07, 6.45) is 21.5. The summed E-state index contributed by atoms with van der Waals surface area (Å²) in [5, 5.41) is 0. The molecule has 2 aromatic rings. The van der Waals surface area contributed by atoms with Crippen LogP contribution in [-0.4, -0.2) is 13.2 Å². The lowest BCUT2D eigenvalue weighted by Gasteiger charge is -2.14. The van der Waals surface area contributed by atoms with E-state index < -0.39 is 0 Å². The van der Waals surface area contributed by atoms with E-state index in [0.717, 1.165) is 25.4 Å². The minimum absolute atomic E-state index is 0.149. The van der Waals surface area contributed by atoms with Crippen LogP contribution in [-0.2, 0) is 4.74 Å². The molecule has 0 saturated carbocycles. The van der Waals surface area contributed by atoms with E-state index in [0.29, 0.717) is 0 Å². The second kappa shape index (κ2) is 20.3. The first-order valence-corrected chi connectivity index (χ1v) is 15.2. The van der Waals surface area contributed by atoms with E-state index in [1.165, 1.54) is 113 Å². The minimum atomic E-state index is 0.149. The molecular weight excluding hydrogens is 440 g/mol. The number of hydrogen-bond acceptors (Lipinski definition) is 2. The molecule has 0 spiro atoms. The van der Waals surface area contributed by atoms with Gasteiger partial charge in [0.25, 0.3) is 0 Å². The highest BCUT2D eigenvalue weighted by molar-refractivity contribution is 5.64. The Labute approximate surface area is 223 Å². The summed E-state index contributed by atoms with van der Waals surface area (Å²) in [4.78, 5) is 0. The smallest absolute Gasteiger partial charge is 0.119 e. The summed E-state index contributed by atoms with van der Waals surface area (Å²) in [5.74, 6) is 0.972. The van der Waals surface area contributed by atoms with Crippen molar-refractivity contribution >= 4 is 0 Å². The maximum Gasteiger partial charge on any atom is 0.119 e. The van der Waals surface area contributed by atoms with Crippen LogP contribution in [0.25, 0.3) is 11.1 Å². The largest absolute Gasteiger partial charge is 0.494 e. The molecule has 36 heavy (non-hydrogen) atoms. The van der Waals surface area contributed by atoms with Crippen molar-refractivity contribution in [1.29, 1.82) is 0 Å². The maximum absolute atomic E-state index is 6.11. The van der Waals surface area contributed by atoms with Gasteiger partial charge in [-0.2, -0.15) is 0 Å². The van der Waals surface area contributed by atoms with Gasteiger partial charge in [-0.15, -0.1) is 0 Å². The van der Waals surface area contributed by atoms with Gasteiger partial charge in [-0.3, -0.25) is 0 Å². The van der Waals surface area contributed by atoms with Crippen molar-refractivity contribution in [3.05, 3.63) is 54.1 Å². The Morgan fingerprint density at radius 1 is 0.500 bits per heavy atom. The number of unbranched alkanes of at least 4 members (excludes halogenated alkanes) is 14. The summed E-state index contributed by atoms with van der Waals surface area (Å²) in [7, 11) is 0. The second-order valence-electron chi connectivity index (χ2n) is 10.5. The van der Waals surface area contributed by atoms with Gasteiger partial charge in [-0.25, -0.2) is 0 Å². The van der Waals surface area contributed by atoms with E-state index in [4.69, 9.17) is 9.47 Å². The first-order chi connectivity index (χ1) is 17.7. The van der Waals surface area contributed by atoms with Gasteiger partial charge in [-0.05, 0) is 48.6 Å². The van der Waals surface area contributed by atoms with Crippen molar-refractivity contribution in [2.75, 3.05) is 13.2 Å². The van der Waals surface area contributed by atoms with Crippen LogP contribution in [0.3, 0.4) is 0 Å². The normalized spacial score (nSPS) is 12.1. The molecule has 2 rings (SSSR count). The molecule has 0 amide bonds. The topological polar surface area (TPSA) is 18.5 Å². The fourth-order valence-corrected chi connectivity index (χ4v) is 4.71. The highest BCUT2D eigenvalue weighted by Gasteiger charge is 2.07. The van der Waals surface area contributed by atoms with Gasteiger partial charge in [-0.1, -0.05) is 140 Å². The number of rotatable bonds is 22. The van der Waals surface area contributed by atoms with E-state index in [1.54, 1.807) is 0 Å². The molecule has 0 aliphatic carbocycles. The Bertz CT molecular complexity index is 750. The summed E-state index contributed by atoms with van der Waals surface area (Å²) in [6, 6.07) is 17.4. The lowest BCUT2D eigenvalue weighted by atomic mass is 10.0. The molecule has 0 fully saturated rings. The number of ether oxygens (including phenoxy) is 2. The molecule has 0 heterocycles. The maximum atomic E-state index is 6.11. The SMILES string of the molecule is CCCCCCCCCCCOC(C)c1ccc(-c2ccc(OCCCCCCCCC)cc2)cc1. The molecule has 2 heteroatoms. The summed E-state index contributed by atoms with van der Waals surface area (Å²) < 4.78 is 12.1. The Balaban J connectivity index is 1.60. The first kappa shape index (κ1) is 30.4. The fourth-order valence-electron chi connectivity index (χ4n) is 4.71. The van der Waals surface area contributed by atoms with Crippen LogP contribution in [0.1, 0.15) is 135 Å². The van der Waals surface area contributed by atoms with Gasteiger partial charge in [0, 0.05) is 6.61 Å². The molecule has 1 unspecified atom stereocenters. The molecule has 0 radical (unpaired) electrons. The molecule has 0 aliphatic rings. The minimum Gasteiger partial charge on any atom is -0.494 e. The Morgan fingerprint density at radius 3 is 1.42 bits per heavy atom. The quantitative estimate of drug-likeness (QED) is 0.151. The average Bonchev–Trinajstić information content (AvgIpc) is 2.91. The van der Waals surface area contributed by atoms with Gasteiger partial charge >= 0.3 is 0 Å². The molecule has 2 aromatic carbocycles. The van der Waals surface area contributed by atoms with Crippen molar-refractivity contribution in [3.8, 4) is 16.9 Å². The average molecular weight is 495 g/mol. The Kier molecular flexibility index (Phi) is 17.1. The van der Waals surface area contributed by atoms with Gasteiger partial charge < -0.3 is 9.47 Å². The van der Waals surface area contributed by atoms with Gasteiger partial charge in [0.2, 0.25) is 0 Å². The highest BCUT2D eigenvalue weighted by Crippen LogP contribution is 2.25. The van der Waals surface area contributed by atoms with Crippen molar-refractivity contribution in [2.24, 2.45) is 0 Å². The Morgan fingerprint density at radius 2 is 0.917 bits per heavy atom.